The van der Waals surface area contributed by atoms with E-state index in [9.17, 15) is 4.79 Å². The quantitative estimate of drug-likeness (QED) is 0.828. The van der Waals surface area contributed by atoms with Crippen molar-refractivity contribution in [3.05, 3.63) is 34.9 Å². The maximum Gasteiger partial charge on any atom is 0.250 e. The molecule has 1 aliphatic heterocycles. The van der Waals surface area contributed by atoms with E-state index in [1.54, 1.807) is 19.1 Å². The number of methoxy groups -OCH3 is 2. The highest BCUT2D eigenvalue weighted by molar-refractivity contribution is 6.05. The van der Waals surface area contributed by atoms with Crippen LogP contribution in [0.5, 0.6) is 0 Å². The SMILES string of the molecule is COCCN(CCOC)C(=O)C1=Cc2ccc(C)cc2N=C(N)C1. The summed E-state index contributed by atoms with van der Waals surface area (Å²) in [5.74, 6) is 0.382. The van der Waals surface area contributed by atoms with Gasteiger partial charge in [0.2, 0.25) is 5.91 Å². The second kappa shape index (κ2) is 8.61. The Morgan fingerprint density at radius 3 is 2.54 bits per heavy atom. The highest BCUT2D eigenvalue weighted by atomic mass is 16.5. The highest BCUT2D eigenvalue weighted by Gasteiger charge is 2.21. The average Bonchev–Trinajstić information content (AvgIpc) is 2.72. The first-order valence-electron chi connectivity index (χ1n) is 7.96. The van der Waals surface area contributed by atoms with Crippen LogP contribution < -0.4 is 5.73 Å². The molecule has 1 aromatic rings. The Labute approximate surface area is 142 Å². The van der Waals surface area contributed by atoms with Gasteiger partial charge in [0.1, 0.15) is 5.84 Å². The van der Waals surface area contributed by atoms with Crippen LogP contribution >= 0.6 is 0 Å². The van der Waals surface area contributed by atoms with Crippen LogP contribution in [0.15, 0.2) is 28.8 Å². The van der Waals surface area contributed by atoms with Crippen molar-refractivity contribution in [2.75, 3.05) is 40.5 Å². The van der Waals surface area contributed by atoms with Crippen molar-refractivity contribution in [1.82, 2.24) is 4.90 Å². The first-order valence-corrected chi connectivity index (χ1v) is 7.96. The fourth-order valence-corrected chi connectivity index (χ4v) is 2.56. The number of amidine groups is 1. The van der Waals surface area contributed by atoms with E-state index in [4.69, 9.17) is 15.2 Å². The molecule has 0 bridgehead atoms. The Bertz CT molecular complexity index is 645. The van der Waals surface area contributed by atoms with E-state index < -0.39 is 0 Å². The van der Waals surface area contributed by atoms with Crippen molar-refractivity contribution in [1.29, 1.82) is 0 Å². The van der Waals surface area contributed by atoms with E-state index in [1.165, 1.54) is 0 Å². The summed E-state index contributed by atoms with van der Waals surface area (Å²) in [5.41, 5.74) is 9.46. The highest BCUT2D eigenvalue weighted by Crippen LogP contribution is 2.28. The standard InChI is InChI=1S/C18H25N3O3/c1-13-4-5-14-11-15(12-17(19)20-16(14)10-13)18(22)21(6-8-23-2)7-9-24-3/h4-5,10-11H,6-9,12H2,1-3H3,(H2,19,20). The number of amides is 1. The average molecular weight is 331 g/mol. The third kappa shape index (κ3) is 4.66. The summed E-state index contributed by atoms with van der Waals surface area (Å²) in [5, 5.41) is 0. The topological polar surface area (TPSA) is 77.2 Å². The minimum absolute atomic E-state index is 0.0596. The molecule has 1 aromatic carbocycles. The number of fused-ring (bicyclic) bond motifs is 1. The minimum Gasteiger partial charge on any atom is -0.387 e. The van der Waals surface area contributed by atoms with Gasteiger partial charge in [-0.2, -0.15) is 0 Å². The molecule has 0 fully saturated rings. The summed E-state index contributed by atoms with van der Waals surface area (Å²) < 4.78 is 10.2. The molecule has 0 aromatic heterocycles. The van der Waals surface area contributed by atoms with E-state index in [0.29, 0.717) is 44.1 Å². The number of benzene rings is 1. The zero-order valence-electron chi connectivity index (χ0n) is 14.5. The lowest BCUT2D eigenvalue weighted by molar-refractivity contribution is -0.128. The van der Waals surface area contributed by atoms with Gasteiger partial charge in [-0.05, 0) is 24.6 Å². The Morgan fingerprint density at radius 2 is 1.92 bits per heavy atom. The lowest BCUT2D eigenvalue weighted by Crippen LogP contribution is -2.38. The van der Waals surface area contributed by atoms with Gasteiger partial charge in [0.25, 0.3) is 0 Å². The molecule has 24 heavy (non-hydrogen) atoms. The molecule has 1 aliphatic rings. The maximum absolute atomic E-state index is 12.9. The van der Waals surface area contributed by atoms with Crippen LogP contribution in [0.25, 0.3) is 6.08 Å². The molecule has 6 nitrogen and oxygen atoms in total. The smallest absolute Gasteiger partial charge is 0.250 e. The fourth-order valence-electron chi connectivity index (χ4n) is 2.56. The predicted molar refractivity (Wildman–Crippen MR) is 95.4 cm³/mol. The Hall–Kier alpha value is -2.18. The maximum atomic E-state index is 12.9. The van der Waals surface area contributed by atoms with E-state index in [2.05, 4.69) is 4.99 Å². The van der Waals surface area contributed by atoms with Crippen molar-refractivity contribution in [2.24, 2.45) is 10.7 Å². The zero-order chi connectivity index (χ0) is 17.5. The van der Waals surface area contributed by atoms with Crippen LogP contribution in [-0.2, 0) is 14.3 Å². The summed E-state index contributed by atoms with van der Waals surface area (Å²) in [6.45, 7) is 3.97. The van der Waals surface area contributed by atoms with Crippen LogP contribution in [0.3, 0.4) is 0 Å². The Balaban J connectivity index is 2.29. The van der Waals surface area contributed by atoms with E-state index in [0.717, 1.165) is 16.8 Å². The molecule has 0 spiro atoms. The minimum atomic E-state index is -0.0596. The van der Waals surface area contributed by atoms with Crippen LogP contribution in [0.2, 0.25) is 0 Å². The molecule has 1 heterocycles. The Morgan fingerprint density at radius 1 is 1.25 bits per heavy atom. The normalized spacial score (nSPS) is 13.6. The van der Waals surface area contributed by atoms with E-state index in [1.807, 2.05) is 31.2 Å². The van der Waals surface area contributed by atoms with Gasteiger partial charge < -0.3 is 20.1 Å². The molecular weight excluding hydrogens is 306 g/mol. The zero-order valence-corrected chi connectivity index (χ0v) is 14.5. The van der Waals surface area contributed by atoms with Crippen LogP contribution in [-0.4, -0.2) is 57.2 Å². The fraction of sp³-hybridized carbons (Fsp3) is 0.444. The number of ether oxygens (including phenoxy) is 2. The Kier molecular flexibility index (Phi) is 6.52. The van der Waals surface area contributed by atoms with Gasteiger partial charge in [0.15, 0.2) is 0 Å². The molecule has 0 unspecified atom stereocenters. The lowest BCUT2D eigenvalue weighted by Gasteiger charge is -2.23. The number of nitrogens with two attached hydrogens (primary N) is 1. The van der Waals surface area contributed by atoms with Gasteiger partial charge >= 0.3 is 0 Å². The lowest BCUT2D eigenvalue weighted by atomic mass is 10.0. The summed E-state index contributed by atoms with van der Waals surface area (Å²) >= 11 is 0. The van der Waals surface area contributed by atoms with Gasteiger partial charge in [-0.3, -0.25) is 4.79 Å². The molecule has 0 radical (unpaired) electrons. The summed E-state index contributed by atoms with van der Waals surface area (Å²) in [6.07, 6.45) is 2.22. The van der Waals surface area contributed by atoms with Crippen molar-refractivity contribution in [2.45, 2.75) is 13.3 Å². The van der Waals surface area contributed by atoms with Gasteiger partial charge in [-0.15, -0.1) is 0 Å². The van der Waals surface area contributed by atoms with Crippen molar-refractivity contribution >= 4 is 23.5 Å². The van der Waals surface area contributed by atoms with E-state index >= 15 is 0 Å². The van der Waals surface area contributed by atoms with Crippen LogP contribution in [0, 0.1) is 6.92 Å². The molecular formula is C18H25N3O3. The second-order valence-electron chi connectivity index (χ2n) is 5.79. The van der Waals surface area contributed by atoms with Gasteiger partial charge in [0, 0.05) is 44.9 Å². The number of rotatable bonds is 7. The van der Waals surface area contributed by atoms with Crippen LogP contribution in [0.1, 0.15) is 17.5 Å². The number of carbonyl (C=O) groups is 1. The number of hydrogen-bond donors (Lipinski definition) is 1. The summed E-state index contributed by atoms with van der Waals surface area (Å²) in [7, 11) is 3.24. The number of aryl methyl sites for hydroxylation is 1. The predicted octanol–water partition coefficient (Wildman–Crippen LogP) is 1.89. The third-order valence-corrected chi connectivity index (χ3v) is 3.84. The number of nitrogens with zero attached hydrogens (tertiary/aromatic N) is 2. The summed E-state index contributed by atoms with van der Waals surface area (Å²) in [6, 6.07) is 5.94. The van der Waals surface area contributed by atoms with Gasteiger partial charge in [-0.1, -0.05) is 12.1 Å². The second-order valence-corrected chi connectivity index (χ2v) is 5.79. The number of hydrogen-bond acceptors (Lipinski definition) is 5. The number of carbonyl (C=O) groups excluding carboxylic acids is 1. The third-order valence-electron chi connectivity index (χ3n) is 3.84. The summed E-state index contributed by atoms with van der Waals surface area (Å²) in [4.78, 5) is 19.1. The van der Waals surface area contributed by atoms with Gasteiger partial charge in [-0.25, -0.2) is 4.99 Å². The van der Waals surface area contributed by atoms with Crippen molar-refractivity contribution in [3.8, 4) is 0 Å². The molecule has 2 rings (SSSR count). The monoisotopic (exact) mass is 331 g/mol. The molecule has 0 saturated heterocycles. The molecule has 1 amide bonds. The molecule has 130 valence electrons. The van der Waals surface area contributed by atoms with E-state index in [-0.39, 0.29) is 5.91 Å². The molecule has 0 saturated carbocycles. The van der Waals surface area contributed by atoms with Gasteiger partial charge in [0.05, 0.1) is 18.9 Å². The molecule has 0 aliphatic carbocycles. The largest absolute Gasteiger partial charge is 0.387 e. The number of aliphatic imine (C=N–C) groups is 1. The van der Waals surface area contributed by atoms with Crippen LogP contribution in [0.4, 0.5) is 5.69 Å². The molecule has 0 atom stereocenters. The first kappa shape index (κ1) is 18.2. The van der Waals surface area contributed by atoms with Crippen molar-refractivity contribution in [3.63, 3.8) is 0 Å². The van der Waals surface area contributed by atoms with Crippen molar-refractivity contribution < 1.29 is 14.3 Å². The first-order chi connectivity index (χ1) is 11.5. The molecule has 2 N–H and O–H groups in total. The molecule has 6 heteroatoms.